The normalized spacial score (nSPS) is 14.1. The Morgan fingerprint density at radius 3 is 2.96 bits per heavy atom. The van der Waals surface area contributed by atoms with Gasteiger partial charge in [0, 0.05) is 18.6 Å². The fourth-order valence-electron chi connectivity index (χ4n) is 2.92. The van der Waals surface area contributed by atoms with E-state index in [1.54, 1.807) is 12.1 Å². The number of fused-ring (bicyclic) bond motifs is 1. The number of rotatable bonds is 4. The number of nitrogens with one attached hydrogen (secondary N) is 1. The molecule has 24 heavy (non-hydrogen) atoms. The van der Waals surface area contributed by atoms with Gasteiger partial charge < -0.3 is 5.32 Å². The Bertz CT molecular complexity index is 930. The van der Waals surface area contributed by atoms with E-state index in [0.717, 1.165) is 5.69 Å². The molecule has 0 saturated heterocycles. The Hall–Kier alpha value is -2.76. The summed E-state index contributed by atoms with van der Waals surface area (Å²) in [5.74, 6) is 0.0124. The van der Waals surface area contributed by atoms with E-state index in [9.17, 15) is 9.18 Å². The molecule has 2 aromatic heterocycles. The third-order valence-corrected chi connectivity index (χ3v) is 4.43. The number of aromatic nitrogens is 3. The van der Waals surface area contributed by atoms with Gasteiger partial charge in [0.25, 0.3) is 5.91 Å². The lowest BCUT2D eigenvalue weighted by Crippen LogP contribution is -2.24. The van der Waals surface area contributed by atoms with Crippen molar-refractivity contribution in [1.29, 1.82) is 0 Å². The summed E-state index contributed by atoms with van der Waals surface area (Å²) in [5.41, 5.74) is 3.33. The number of pyridine rings is 1. The van der Waals surface area contributed by atoms with Crippen molar-refractivity contribution in [1.82, 2.24) is 20.1 Å². The molecule has 1 N–H and O–H groups in total. The Morgan fingerprint density at radius 2 is 2.17 bits per heavy atom. The number of amides is 1. The van der Waals surface area contributed by atoms with Gasteiger partial charge in [-0.3, -0.25) is 14.5 Å². The largest absolute Gasteiger partial charge is 0.346 e. The summed E-state index contributed by atoms with van der Waals surface area (Å²) in [6, 6.07) is 6.00. The first-order valence-electron chi connectivity index (χ1n) is 7.96. The number of hydrogen-bond acceptors (Lipinski definition) is 3. The van der Waals surface area contributed by atoms with E-state index in [0.29, 0.717) is 28.9 Å². The second kappa shape index (κ2) is 5.70. The third-order valence-electron chi connectivity index (χ3n) is 4.43. The van der Waals surface area contributed by atoms with Gasteiger partial charge in [-0.2, -0.15) is 5.10 Å². The van der Waals surface area contributed by atoms with Gasteiger partial charge in [0.2, 0.25) is 0 Å². The molecule has 6 heteroatoms. The average Bonchev–Trinajstić information content (AvgIpc) is 3.35. The maximum Gasteiger partial charge on any atom is 0.253 e. The standard InChI is InChI=1S/C18H17FN4O/c1-23-17(15(9-22-23)11-2-3-11)10-21-18(24)13-6-12-7-14(19)4-5-16(12)20-8-13/h4-9,11H,2-3,10H2,1H3,(H,21,24). The van der Waals surface area contributed by atoms with Crippen molar-refractivity contribution in [2.75, 3.05) is 0 Å². The summed E-state index contributed by atoms with van der Waals surface area (Å²) < 4.78 is 15.1. The minimum atomic E-state index is -0.342. The number of halogens is 1. The van der Waals surface area contributed by atoms with Gasteiger partial charge in [0.1, 0.15) is 5.82 Å². The number of carbonyl (C=O) groups is 1. The molecule has 0 radical (unpaired) electrons. The molecule has 0 unspecified atom stereocenters. The van der Waals surface area contributed by atoms with Crippen LogP contribution in [-0.4, -0.2) is 20.7 Å². The van der Waals surface area contributed by atoms with Crippen LogP contribution in [0.5, 0.6) is 0 Å². The fraction of sp³-hybridized carbons (Fsp3) is 0.278. The van der Waals surface area contributed by atoms with Crippen molar-refractivity contribution in [2.24, 2.45) is 7.05 Å². The predicted octanol–water partition coefficient (Wildman–Crippen LogP) is 2.91. The molecule has 1 fully saturated rings. The lowest BCUT2D eigenvalue weighted by Gasteiger charge is -2.08. The van der Waals surface area contributed by atoms with Gasteiger partial charge in [-0.15, -0.1) is 0 Å². The van der Waals surface area contributed by atoms with Crippen molar-refractivity contribution in [2.45, 2.75) is 25.3 Å². The molecule has 0 atom stereocenters. The molecule has 122 valence electrons. The molecule has 2 heterocycles. The van der Waals surface area contributed by atoms with Gasteiger partial charge in [-0.1, -0.05) is 0 Å². The summed E-state index contributed by atoms with van der Waals surface area (Å²) >= 11 is 0. The van der Waals surface area contributed by atoms with E-state index in [1.807, 2.05) is 17.9 Å². The number of nitrogens with zero attached hydrogens (tertiary/aromatic N) is 3. The van der Waals surface area contributed by atoms with Crippen LogP contribution in [-0.2, 0) is 13.6 Å². The molecule has 0 aliphatic heterocycles. The van der Waals surface area contributed by atoms with Crippen molar-refractivity contribution < 1.29 is 9.18 Å². The molecule has 3 aromatic rings. The number of carbonyl (C=O) groups excluding carboxylic acids is 1. The van der Waals surface area contributed by atoms with E-state index in [2.05, 4.69) is 15.4 Å². The molecule has 1 saturated carbocycles. The van der Waals surface area contributed by atoms with Gasteiger partial charge in [-0.05, 0) is 48.6 Å². The van der Waals surface area contributed by atoms with Crippen molar-refractivity contribution in [3.8, 4) is 0 Å². The highest BCUT2D eigenvalue weighted by Gasteiger charge is 2.28. The average molecular weight is 324 g/mol. The fourth-order valence-corrected chi connectivity index (χ4v) is 2.92. The van der Waals surface area contributed by atoms with Gasteiger partial charge in [0.05, 0.1) is 29.5 Å². The van der Waals surface area contributed by atoms with Crippen molar-refractivity contribution in [3.63, 3.8) is 0 Å². The van der Waals surface area contributed by atoms with Gasteiger partial charge in [0.15, 0.2) is 0 Å². The van der Waals surface area contributed by atoms with E-state index < -0.39 is 0 Å². The van der Waals surface area contributed by atoms with Crippen molar-refractivity contribution in [3.05, 3.63) is 59.3 Å². The molecule has 1 aliphatic carbocycles. The minimum absolute atomic E-state index is 0.225. The predicted molar refractivity (Wildman–Crippen MR) is 88.1 cm³/mol. The summed E-state index contributed by atoms with van der Waals surface area (Å²) in [6.07, 6.45) is 5.78. The summed E-state index contributed by atoms with van der Waals surface area (Å²) in [5, 5.41) is 7.81. The van der Waals surface area contributed by atoms with Crippen LogP contribution < -0.4 is 5.32 Å². The first-order valence-corrected chi connectivity index (χ1v) is 7.96. The first kappa shape index (κ1) is 14.8. The van der Waals surface area contributed by atoms with Crippen LogP contribution >= 0.6 is 0 Å². The second-order valence-corrected chi connectivity index (χ2v) is 6.19. The molecule has 0 spiro atoms. The zero-order chi connectivity index (χ0) is 16.7. The first-order chi connectivity index (χ1) is 11.6. The summed E-state index contributed by atoms with van der Waals surface area (Å²) in [4.78, 5) is 16.6. The second-order valence-electron chi connectivity index (χ2n) is 6.19. The van der Waals surface area contributed by atoms with Gasteiger partial charge in [-0.25, -0.2) is 4.39 Å². The molecule has 1 aromatic carbocycles. The van der Waals surface area contributed by atoms with Crippen LogP contribution in [0.2, 0.25) is 0 Å². The SMILES string of the molecule is Cn1ncc(C2CC2)c1CNC(=O)c1cnc2ccc(F)cc2c1. The number of benzene rings is 1. The van der Waals surface area contributed by atoms with Crippen LogP contribution in [0.1, 0.15) is 40.4 Å². The molecular formula is C18H17FN4O. The summed E-state index contributed by atoms with van der Waals surface area (Å²) in [6.45, 7) is 0.419. The number of hydrogen-bond donors (Lipinski definition) is 1. The lowest BCUT2D eigenvalue weighted by molar-refractivity contribution is 0.0949. The van der Waals surface area contributed by atoms with Crippen LogP contribution in [0.3, 0.4) is 0 Å². The highest BCUT2D eigenvalue weighted by Crippen LogP contribution is 2.41. The topological polar surface area (TPSA) is 59.8 Å². The zero-order valence-corrected chi connectivity index (χ0v) is 13.3. The maximum atomic E-state index is 13.3. The maximum absolute atomic E-state index is 13.3. The van der Waals surface area contributed by atoms with Crippen LogP contribution in [0, 0.1) is 5.82 Å². The molecule has 1 aliphatic rings. The molecule has 1 amide bonds. The van der Waals surface area contributed by atoms with E-state index in [-0.39, 0.29) is 11.7 Å². The molecule has 0 bridgehead atoms. The van der Waals surface area contributed by atoms with Crippen LogP contribution in [0.15, 0.2) is 36.7 Å². The summed E-state index contributed by atoms with van der Waals surface area (Å²) in [7, 11) is 1.88. The zero-order valence-electron chi connectivity index (χ0n) is 13.3. The van der Waals surface area contributed by atoms with Crippen LogP contribution in [0.4, 0.5) is 4.39 Å². The van der Waals surface area contributed by atoms with Crippen molar-refractivity contribution >= 4 is 16.8 Å². The Kier molecular flexibility index (Phi) is 3.52. The molecule has 4 rings (SSSR count). The third kappa shape index (κ3) is 2.75. The number of aryl methyl sites for hydroxylation is 1. The highest BCUT2D eigenvalue weighted by molar-refractivity contribution is 5.97. The quantitative estimate of drug-likeness (QED) is 0.803. The minimum Gasteiger partial charge on any atom is -0.346 e. The van der Waals surface area contributed by atoms with E-state index >= 15 is 0 Å². The highest BCUT2D eigenvalue weighted by atomic mass is 19.1. The molecule has 5 nitrogen and oxygen atoms in total. The molecular weight excluding hydrogens is 307 g/mol. The Morgan fingerprint density at radius 1 is 1.33 bits per heavy atom. The Balaban J connectivity index is 1.53. The lowest BCUT2D eigenvalue weighted by atomic mass is 10.1. The van der Waals surface area contributed by atoms with Crippen LogP contribution in [0.25, 0.3) is 10.9 Å². The van der Waals surface area contributed by atoms with E-state index in [4.69, 9.17) is 0 Å². The van der Waals surface area contributed by atoms with Gasteiger partial charge >= 0.3 is 0 Å². The smallest absolute Gasteiger partial charge is 0.253 e. The van der Waals surface area contributed by atoms with E-state index in [1.165, 1.54) is 36.7 Å². The Labute approximate surface area is 138 Å². The monoisotopic (exact) mass is 324 g/mol.